The minimum atomic E-state index is -1.57. The molecule has 94 heavy (non-hydrogen) atoms. The van der Waals surface area contributed by atoms with E-state index in [1.807, 2.05) is 6.08 Å². The van der Waals surface area contributed by atoms with E-state index in [4.69, 9.17) is 9.47 Å². The molecule has 0 spiro atoms. The Hall–Kier alpha value is -2.37. The second-order valence-corrected chi connectivity index (χ2v) is 28.5. The van der Waals surface area contributed by atoms with Gasteiger partial charge in [-0.1, -0.05) is 408 Å². The van der Waals surface area contributed by atoms with Crippen molar-refractivity contribution in [2.45, 2.75) is 448 Å². The number of amides is 1. The zero-order valence-electron chi connectivity index (χ0n) is 62.0. The maximum Gasteiger partial charge on any atom is 0.220 e. The summed E-state index contributed by atoms with van der Waals surface area (Å²) in [6.07, 6.45) is 97.7. The Kier molecular flexibility index (Phi) is 69.9. The maximum atomic E-state index is 13.2. The van der Waals surface area contributed by atoms with Crippen molar-refractivity contribution < 1.29 is 39.8 Å². The Morgan fingerprint density at radius 3 is 0.979 bits per heavy atom. The zero-order valence-corrected chi connectivity index (χ0v) is 62.0. The number of hydrogen-bond donors (Lipinski definition) is 6. The first-order chi connectivity index (χ1) is 46.3. The first-order valence-electron chi connectivity index (χ1n) is 41.2. The lowest BCUT2D eigenvalue weighted by molar-refractivity contribution is -0.302. The van der Waals surface area contributed by atoms with Gasteiger partial charge >= 0.3 is 0 Å². The molecule has 0 aromatic heterocycles. The van der Waals surface area contributed by atoms with E-state index in [0.29, 0.717) is 6.42 Å². The van der Waals surface area contributed by atoms with Crippen LogP contribution in [0.2, 0.25) is 0 Å². The van der Waals surface area contributed by atoms with Gasteiger partial charge in [0.25, 0.3) is 0 Å². The standard InChI is InChI=1S/C85H157NO8/c1-3-5-7-9-11-13-15-17-19-21-23-25-27-29-31-33-35-37-38-39-40-41-42-43-45-47-49-51-53-55-57-59-61-63-65-67-69-71-73-75-81(89)86-78(77-93-85-84(92)83(91)82(90)80(76-87)94-85)79(88)74-72-70-68-66-64-62-60-58-56-54-52-50-48-46-44-36-34-32-30-28-26-24-22-20-18-16-14-12-10-8-6-4-2/h5,7,11,13,17,19,23,25,29,31,72,74,78-80,82-85,87-88,90-92H,3-4,6,8-10,12,14-16,18,20-22,24,26-28,30,32-71,73,75-77H2,1-2H3,(H,86,89)/b7-5-,13-11-,19-17-,25-23-,31-29-,74-72+. The molecule has 1 rings (SSSR count). The molecule has 6 N–H and O–H groups in total. The van der Waals surface area contributed by atoms with Crippen LogP contribution < -0.4 is 5.32 Å². The van der Waals surface area contributed by atoms with Crippen molar-refractivity contribution in [1.82, 2.24) is 5.32 Å². The highest BCUT2D eigenvalue weighted by atomic mass is 16.7. The number of unbranched alkanes of at least 4 members (excludes halogenated alkanes) is 53. The molecular formula is C85H157NO8. The minimum Gasteiger partial charge on any atom is -0.394 e. The van der Waals surface area contributed by atoms with Crippen LogP contribution in [0.5, 0.6) is 0 Å². The van der Waals surface area contributed by atoms with Crippen molar-refractivity contribution >= 4 is 5.91 Å². The number of aliphatic hydroxyl groups is 5. The lowest BCUT2D eigenvalue weighted by Gasteiger charge is -2.40. The summed E-state index contributed by atoms with van der Waals surface area (Å²) in [4.78, 5) is 13.2. The molecule has 0 aliphatic carbocycles. The van der Waals surface area contributed by atoms with Crippen LogP contribution in [0.3, 0.4) is 0 Å². The summed E-state index contributed by atoms with van der Waals surface area (Å²) in [5.41, 5.74) is 0. The van der Waals surface area contributed by atoms with Gasteiger partial charge in [-0.25, -0.2) is 0 Å². The number of carbonyl (C=O) groups is 1. The van der Waals surface area contributed by atoms with Crippen molar-refractivity contribution in [2.24, 2.45) is 0 Å². The minimum absolute atomic E-state index is 0.169. The van der Waals surface area contributed by atoms with Crippen LogP contribution in [0, 0.1) is 0 Å². The molecule has 0 aromatic carbocycles. The summed E-state index contributed by atoms with van der Waals surface area (Å²) in [6.45, 7) is 3.72. The summed E-state index contributed by atoms with van der Waals surface area (Å²) in [6, 6.07) is -0.808. The van der Waals surface area contributed by atoms with Gasteiger partial charge in [-0.3, -0.25) is 4.79 Å². The molecule has 7 unspecified atom stereocenters. The van der Waals surface area contributed by atoms with Crippen LogP contribution in [0.4, 0.5) is 0 Å². The third-order valence-electron chi connectivity index (χ3n) is 19.5. The zero-order chi connectivity index (χ0) is 67.8. The normalized spacial score (nSPS) is 17.9. The number of ether oxygens (including phenoxy) is 2. The summed E-state index contributed by atoms with van der Waals surface area (Å²) in [7, 11) is 0. The predicted octanol–water partition coefficient (Wildman–Crippen LogP) is 23.8. The molecule has 0 bridgehead atoms. The van der Waals surface area contributed by atoms with Gasteiger partial charge in [-0.15, -0.1) is 0 Å². The molecule has 1 aliphatic heterocycles. The van der Waals surface area contributed by atoms with E-state index in [-0.39, 0.29) is 12.5 Å². The average molecular weight is 1320 g/mol. The fourth-order valence-electron chi connectivity index (χ4n) is 13.2. The van der Waals surface area contributed by atoms with E-state index in [1.165, 1.54) is 315 Å². The Morgan fingerprint density at radius 1 is 0.372 bits per heavy atom. The molecule has 7 atom stereocenters. The Bertz CT molecular complexity index is 1730. The van der Waals surface area contributed by atoms with Crippen LogP contribution in [0.25, 0.3) is 0 Å². The largest absolute Gasteiger partial charge is 0.394 e. The van der Waals surface area contributed by atoms with E-state index in [9.17, 15) is 30.3 Å². The van der Waals surface area contributed by atoms with Gasteiger partial charge in [0.2, 0.25) is 5.91 Å². The molecule has 1 fully saturated rings. The molecule has 1 saturated heterocycles. The molecule has 0 radical (unpaired) electrons. The monoisotopic (exact) mass is 1320 g/mol. The Balaban J connectivity index is 2.05. The maximum absolute atomic E-state index is 13.2. The van der Waals surface area contributed by atoms with E-state index >= 15 is 0 Å². The number of hydrogen-bond acceptors (Lipinski definition) is 8. The summed E-state index contributed by atoms with van der Waals surface area (Å²) in [5.74, 6) is -0.169. The van der Waals surface area contributed by atoms with Gasteiger partial charge in [-0.2, -0.15) is 0 Å². The third kappa shape index (κ3) is 60.8. The molecule has 9 heteroatoms. The second kappa shape index (κ2) is 73.3. The molecule has 0 aromatic rings. The number of rotatable bonds is 73. The quantitative estimate of drug-likeness (QED) is 0.0261. The van der Waals surface area contributed by atoms with Gasteiger partial charge in [0.1, 0.15) is 24.4 Å². The highest BCUT2D eigenvalue weighted by molar-refractivity contribution is 5.76. The van der Waals surface area contributed by atoms with Crippen molar-refractivity contribution in [2.75, 3.05) is 13.2 Å². The van der Waals surface area contributed by atoms with E-state index in [2.05, 4.69) is 79.9 Å². The fourth-order valence-corrected chi connectivity index (χ4v) is 13.2. The van der Waals surface area contributed by atoms with E-state index in [1.54, 1.807) is 6.08 Å². The smallest absolute Gasteiger partial charge is 0.220 e. The SMILES string of the molecule is CC/C=C\C/C=C\C/C=C\C/C=C\C/C=C\CCCCCCCCCCCCCCCCCCCCCCCCCC(=O)NC(COC1OC(CO)C(O)C(O)C1O)C(O)/C=C/CCCCCCCCCCCCCCCCCCCCCCCCCCCCCCCC. The Labute approximate surface area is 582 Å². The first kappa shape index (κ1) is 89.6. The molecule has 9 nitrogen and oxygen atoms in total. The van der Waals surface area contributed by atoms with Gasteiger partial charge in [0, 0.05) is 6.42 Å². The average Bonchev–Trinajstić information content (AvgIpc) is 0.829. The van der Waals surface area contributed by atoms with E-state index in [0.717, 1.165) is 70.6 Å². The van der Waals surface area contributed by atoms with Gasteiger partial charge in [0.05, 0.1) is 25.4 Å². The molecule has 0 saturated carbocycles. The fraction of sp³-hybridized carbons (Fsp3) is 0.847. The van der Waals surface area contributed by atoms with Gasteiger partial charge in [-0.05, 0) is 64.2 Å². The van der Waals surface area contributed by atoms with Crippen LogP contribution in [-0.2, 0) is 14.3 Å². The number of carbonyl (C=O) groups excluding carboxylic acids is 1. The van der Waals surface area contributed by atoms with Crippen molar-refractivity contribution in [3.05, 3.63) is 72.9 Å². The van der Waals surface area contributed by atoms with Crippen LogP contribution in [-0.4, -0.2) is 87.5 Å². The lowest BCUT2D eigenvalue weighted by Crippen LogP contribution is -2.60. The summed E-state index contributed by atoms with van der Waals surface area (Å²) in [5, 5.41) is 55.0. The van der Waals surface area contributed by atoms with Gasteiger partial charge in [0.15, 0.2) is 6.29 Å². The molecule has 1 heterocycles. The predicted molar refractivity (Wildman–Crippen MR) is 405 cm³/mol. The van der Waals surface area contributed by atoms with Crippen LogP contribution in [0.1, 0.15) is 406 Å². The lowest BCUT2D eigenvalue weighted by atomic mass is 9.99. The summed E-state index contributed by atoms with van der Waals surface area (Å²) < 4.78 is 11.4. The van der Waals surface area contributed by atoms with Crippen molar-refractivity contribution in [3.63, 3.8) is 0 Å². The Morgan fingerprint density at radius 2 is 0.660 bits per heavy atom. The molecule has 550 valence electrons. The highest BCUT2D eigenvalue weighted by Gasteiger charge is 2.44. The molecule has 1 aliphatic rings. The summed E-state index contributed by atoms with van der Waals surface area (Å²) >= 11 is 0. The van der Waals surface area contributed by atoms with Gasteiger partial charge < -0.3 is 40.3 Å². The molecule has 1 amide bonds. The van der Waals surface area contributed by atoms with Crippen molar-refractivity contribution in [1.29, 1.82) is 0 Å². The third-order valence-corrected chi connectivity index (χ3v) is 19.5. The van der Waals surface area contributed by atoms with Crippen LogP contribution >= 0.6 is 0 Å². The molecular weight excluding hydrogens is 1160 g/mol. The second-order valence-electron chi connectivity index (χ2n) is 28.5. The van der Waals surface area contributed by atoms with E-state index < -0.39 is 49.5 Å². The number of aliphatic hydroxyl groups excluding tert-OH is 5. The first-order valence-corrected chi connectivity index (χ1v) is 41.2. The number of nitrogens with one attached hydrogen (secondary N) is 1. The number of allylic oxidation sites excluding steroid dienone is 11. The van der Waals surface area contributed by atoms with Crippen molar-refractivity contribution in [3.8, 4) is 0 Å². The van der Waals surface area contributed by atoms with Crippen LogP contribution in [0.15, 0.2) is 72.9 Å². The topological polar surface area (TPSA) is 149 Å². The highest BCUT2D eigenvalue weighted by Crippen LogP contribution is 2.24.